The molecule has 1 aromatic carbocycles. The maximum atomic E-state index is 10.6. The van der Waals surface area contributed by atoms with Gasteiger partial charge in [0, 0.05) is 24.7 Å². The number of nitrogens with two attached hydrogens (primary N) is 1. The van der Waals surface area contributed by atoms with Crippen molar-refractivity contribution in [1.29, 1.82) is 5.41 Å². The number of nitrogen functional groups attached to an aromatic ring is 1. The summed E-state index contributed by atoms with van der Waals surface area (Å²) in [7, 11) is 0. The first-order valence-corrected chi connectivity index (χ1v) is 9.96. The lowest BCUT2D eigenvalue weighted by molar-refractivity contribution is -0.138. The van der Waals surface area contributed by atoms with E-state index in [0.29, 0.717) is 6.04 Å². The molecule has 0 aliphatic carbocycles. The largest absolute Gasteiger partial charge is 0.480 e. The number of amidine groups is 1. The Kier molecular flexibility index (Phi) is 10.7. The van der Waals surface area contributed by atoms with Crippen molar-refractivity contribution in [1.82, 2.24) is 9.80 Å². The van der Waals surface area contributed by atoms with Gasteiger partial charge in [0.2, 0.25) is 0 Å². The second-order valence-electron chi connectivity index (χ2n) is 7.22. The fraction of sp³-hybridized carbons (Fsp3) is 0.619. The number of rotatable bonds is 8. The Hall–Kier alpha value is -1.92. The van der Waals surface area contributed by atoms with E-state index < -0.39 is 5.97 Å². The van der Waals surface area contributed by atoms with Gasteiger partial charge in [-0.3, -0.25) is 15.1 Å². The van der Waals surface area contributed by atoms with Gasteiger partial charge in [0.05, 0.1) is 6.54 Å². The molecule has 0 spiro atoms. The molecule has 1 heterocycles. The number of hydrogen-bond donors (Lipinski definition) is 3. The molecule has 2 rings (SSSR count). The molecule has 1 saturated heterocycles. The Morgan fingerprint density at radius 1 is 1.19 bits per heavy atom. The molecule has 1 fully saturated rings. The first-order valence-electron chi connectivity index (χ1n) is 9.96. The zero-order valence-corrected chi connectivity index (χ0v) is 17.1. The van der Waals surface area contributed by atoms with Crippen LogP contribution < -0.4 is 5.73 Å². The number of nitrogens with one attached hydrogen (secondary N) is 1. The summed E-state index contributed by atoms with van der Waals surface area (Å²) in [5.74, 6) is -0.581. The lowest BCUT2D eigenvalue weighted by atomic mass is 10.0. The molecule has 0 amide bonds. The Morgan fingerprint density at radius 3 is 2.11 bits per heavy atom. The SMILES string of the molecule is CCCN(CCC)C1CCN(CC(=O)O)CC1.Cc1ccc(C(=N)N)cc1. The molecule has 152 valence electrons. The Bertz CT molecular complexity index is 560. The van der Waals surface area contributed by atoms with Crippen molar-refractivity contribution >= 4 is 11.8 Å². The minimum Gasteiger partial charge on any atom is -0.480 e. The van der Waals surface area contributed by atoms with Gasteiger partial charge >= 0.3 is 5.97 Å². The first-order chi connectivity index (χ1) is 12.9. The Labute approximate surface area is 163 Å². The van der Waals surface area contributed by atoms with Crippen LogP contribution in [0.2, 0.25) is 0 Å². The maximum Gasteiger partial charge on any atom is 0.317 e. The third-order valence-electron chi connectivity index (χ3n) is 4.82. The van der Waals surface area contributed by atoms with Crippen LogP contribution in [0.25, 0.3) is 0 Å². The average molecular weight is 377 g/mol. The first kappa shape index (κ1) is 23.1. The molecule has 1 aliphatic heterocycles. The lowest BCUT2D eigenvalue weighted by Gasteiger charge is -2.38. The number of likely N-dealkylation sites (tertiary alicyclic amines) is 1. The summed E-state index contributed by atoms with van der Waals surface area (Å²) >= 11 is 0. The second kappa shape index (κ2) is 12.5. The molecule has 0 radical (unpaired) electrons. The fourth-order valence-corrected chi connectivity index (χ4v) is 3.42. The van der Waals surface area contributed by atoms with E-state index in [2.05, 4.69) is 23.6 Å². The topological polar surface area (TPSA) is 93.6 Å². The molecule has 27 heavy (non-hydrogen) atoms. The molecule has 0 unspecified atom stereocenters. The molecular formula is C21H36N4O2. The summed E-state index contributed by atoms with van der Waals surface area (Å²) in [6, 6.07) is 8.24. The van der Waals surface area contributed by atoms with Crippen LogP contribution in [0.3, 0.4) is 0 Å². The highest BCUT2D eigenvalue weighted by Crippen LogP contribution is 2.17. The van der Waals surface area contributed by atoms with Crippen molar-refractivity contribution in [3.63, 3.8) is 0 Å². The number of carboxylic acid groups (broad SMARTS) is 1. The quantitative estimate of drug-likeness (QED) is 0.479. The second-order valence-corrected chi connectivity index (χ2v) is 7.22. The summed E-state index contributed by atoms with van der Waals surface area (Å²) in [4.78, 5) is 15.3. The van der Waals surface area contributed by atoms with Gasteiger partial charge in [-0.25, -0.2) is 0 Å². The molecule has 0 aromatic heterocycles. The highest BCUT2D eigenvalue weighted by molar-refractivity contribution is 5.94. The van der Waals surface area contributed by atoms with E-state index in [9.17, 15) is 4.79 Å². The van der Waals surface area contributed by atoms with Gasteiger partial charge in [-0.2, -0.15) is 0 Å². The van der Waals surface area contributed by atoms with Crippen LogP contribution in [0, 0.1) is 12.3 Å². The maximum absolute atomic E-state index is 10.6. The zero-order valence-electron chi connectivity index (χ0n) is 17.1. The zero-order chi connectivity index (χ0) is 20.2. The van der Waals surface area contributed by atoms with E-state index in [1.54, 1.807) is 0 Å². The number of benzene rings is 1. The van der Waals surface area contributed by atoms with Crippen LogP contribution in [0.15, 0.2) is 24.3 Å². The van der Waals surface area contributed by atoms with Crippen LogP contribution in [0.4, 0.5) is 0 Å². The molecular weight excluding hydrogens is 340 g/mol. The molecule has 4 N–H and O–H groups in total. The van der Waals surface area contributed by atoms with Gasteiger partial charge in [-0.05, 0) is 45.7 Å². The Balaban J connectivity index is 0.000000309. The van der Waals surface area contributed by atoms with Gasteiger partial charge < -0.3 is 15.7 Å². The predicted octanol–water partition coefficient (Wildman–Crippen LogP) is 2.94. The minimum atomic E-state index is -0.706. The molecule has 0 atom stereocenters. The number of carbonyl (C=O) groups is 1. The van der Waals surface area contributed by atoms with Crippen molar-refractivity contribution < 1.29 is 9.90 Å². The van der Waals surface area contributed by atoms with Crippen molar-refractivity contribution in [2.75, 3.05) is 32.7 Å². The fourth-order valence-electron chi connectivity index (χ4n) is 3.42. The van der Waals surface area contributed by atoms with E-state index in [-0.39, 0.29) is 12.4 Å². The lowest BCUT2D eigenvalue weighted by Crippen LogP contribution is -2.46. The summed E-state index contributed by atoms with van der Waals surface area (Å²) < 4.78 is 0. The number of hydrogen-bond acceptors (Lipinski definition) is 4. The summed E-state index contributed by atoms with van der Waals surface area (Å²) in [6.45, 7) is 10.9. The third-order valence-corrected chi connectivity index (χ3v) is 4.82. The third kappa shape index (κ3) is 9.02. The normalized spacial score (nSPS) is 15.3. The monoisotopic (exact) mass is 376 g/mol. The summed E-state index contributed by atoms with van der Waals surface area (Å²) in [5, 5.41) is 15.8. The molecule has 1 aromatic rings. The number of carboxylic acids is 1. The predicted molar refractivity (Wildman–Crippen MR) is 111 cm³/mol. The van der Waals surface area contributed by atoms with Crippen molar-refractivity contribution in [2.24, 2.45) is 5.73 Å². The van der Waals surface area contributed by atoms with Crippen molar-refractivity contribution in [2.45, 2.75) is 52.5 Å². The van der Waals surface area contributed by atoms with E-state index in [1.807, 2.05) is 31.2 Å². The minimum absolute atomic E-state index is 0.125. The average Bonchev–Trinajstić information content (AvgIpc) is 2.63. The number of piperidine rings is 1. The Morgan fingerprint density at radius 2 is 1.70 bits per heavy atom. The van der Waals surface area contributed by atoms with Crippen LogP contribution in [0.1, 0.15) is 50.7 Å². The summed E-state index contributed by atoms with van der Waals surface area (Å²) in [5.41, 5.74) is 7.22. The highest BCUT2D eigenvalue weighted by Gasteiger charge is 2.24. The van der Waals surface area contributed by atoms with Crippen LogP contribution in [-0.2, 0) is 4.79 Å². The molecule has 1 aliphatic rings. The van der Waals surface area contributed by atoms with E-state index in [0.717, 1.165) is 31.5 Å². The van der Waals surface area contributed by atoms with Gasteiger partial charge in [0.1, 0.15) is 5.84 Å². The van der Waals surface area contributed by atoms with Crippen LogP contribution >= 0.6 is 0 Å². The van der Waals surface area contributed by atoms with Gasteiger partial charge in [-0.1, -0.05) is 43.7 Å². The van der Waals surface area contributed by atoms with E-state index >= 15 is 0 Å². The van der Waals surface area contributed by atoms with Crippen LogP contribution in [0.5, 0.6) is 0 Å². The van der Waals surface area contributed by atoms with Gasteiger partial charge in [0.15, 0.2) is 0 Å². The molecule has 0 bridgehead atoms. The number of aliphatic carboxylic acids is 1. The molecule has 0 saturated carbocycles. The van der Waals surface area contributed by atoms with E-state index in [1.165, 1.54) is 31.5 Å². The molecule has 6 heteroatoms. The number of nitrogens with zero attached hydrogens (tertiary/aromatic N) is 2. The van der Waals surface area contributed by atoms with Gasteiger partial charge in [0.25, 0.3) is 0 Å². The van der Waals surface area contributed by atoms with Crippen molar-refractivity contribution in [3.05, 3.63) is 35.4 Å². The highest BCUT2D eigenvalue weighted by atomic mass is 16.4. The van der Waals surface area contributed by atoms with Crippen molar-refractivity contribution in [3.8, 4) is 0 Å². The van der Waals surface area contributed by atoms with Gasteiger partial charge in [-0.15, -0.1) is 0 Å². The summed E-state index contributed by atoms with van der Waals surface area (Å²) in [6.07, 6.45) is 4.64. The number of aryl methyl sites for hydroxylation is 1. The smallest absolute Gasteiger partial charge is 0.317 e. The van der Waals surface area contributed by atoms with E-state index in [4.69, 9.17) is 16.2 Å². The molecule has 6 nitrogen and oxygen atoms in total. The standard InChI is InChI=1S/C13H26N2O2.C8H10N2/c1-3-7-15(8-4-2)12-5-9-14(10-6-12)11-13(16)17;1-6-2-4-7(5-3-6)8(9)10/h12H,3-11H2,1-2H3,(H,16,17);2-5H,1H3,(H3,9,10). The van der Waals surface area contributed by atoms with Crippen LogP contribution in [-0.4, -0.2) is 65.5 Å².